The van der Waals surface area contributed by atoms with Gasteiger partial charge in [0.2, 0.25) is 0 Å². The van der Waals surface area contributed by atoms with Crippen molar-refractivity contribution < 1.29 is 55.8 Å². The Morgan fingerprint density at radius 3 is 1.11 bits per heavy atom. The Bertz CT molecular complexity index is 2610. The van der Waals surface area contributed by atoms with Gasteiger partial charge < -0.3 is 19.9 Å². The fourth-order valence-corrected chi connectivity index (χ4v) is 8.28. The van der Waals surface area contributed by atoms with Crippen LogP contribution in [-0.4, -0.2) is 45.9 Å². The predicted molar refractivity (Wildman–Crippen MR) is 231 cm³/mol. The van der Waals surface area contributed by atoms with Gasteiger partial charge in [-0.25, -0.2) is 9.59 Å². The molecular weight excluding hydrogens is 932 g/mol. The molecule has 0 saturated heterocycles. The van der Waals surface area contributed by atoms with Crippen LogP contribution in [0.5, 0.6) is 0 Å². The van der Waals surface area contributed by atoms with Gasteiger partial charge in [0.05, 0.1) is 22.6 Å². The highest BCUT2D eigenvalue weighted by Gasteiger charge is 2.63. The second-order valence-electron chi connectivity index (χ2n) is 14.4. The van der Waals surface area contributed by atoms with E-state index in [1.165, 1.54) is 48.5 Å². The molecule has 6 aromatic carbocycles. The highest BCUT2D eigenvalue weighted by atomic mass is 35.5. The van der Waals surface area contributed by atoms with Crippen LogP contribution in [0.2, 0.25) is 20.1 Å². The molecule has 0 saturated carbocycles. The van der Waals surface area contributed by atoms with E-state index in [9.17, 15) is 46.1 Å². The zero-order valence-corrected chi connectivity index (χ0v) is 35.3. The number of halogens is 10. The summed E-state index contributed by atoms with van der Waals surface area (Å²) < 4.78 is 85.2. The monoisotopic (exact) mass is 958 g/mol. The Balaban J connectivity index is 0.000000191. The van der Waals surface area contributed by atoms with Crippen LogP contribution >= 0.6 is 46.4 Å². The van der Waals surface area contributed by atoms with E-state index in [1.54, 1.807) is 60.7 Å². The van der Waals surface area contributed by atoms with Crippen molar-refractivity contribution in [2.45, 2.75) is 36.4 Å². The molecule has 0 bridgehead atoms. The fourth-order valence-electron chi connectivity index (χ4n) is 7.22. The topological polar surface area (TPSA) is 118 Å². The van der Waals surface area contributed by atoms with Crippen molar-refractivity contribution in [3.63, 3.8) is 0 Å². The van der Waals surface area contributed by atoms with Crippen LogP contribution in [0.1, 0.15) is 55.8 Å². The number of benzene rings is 6. The molecule has 64 heavy (non-hydrogen) atoms. The quantitative estimate of drug-likeness (QED) is 0.147. The lowest BCUT2D eigenvalue weighted by atomic mass is 9.85. The van der Waals surface area contributed by atoms with Gasteiger partial charge >= 0.3 is 24.3 Å². The molecule has 8 rings (SSSR count). The first-order valence-electron chi connectivity index (χ1n) is 18.6. The van der Waals surface area contributed by atoms with Crippen LogP contribution in [-0.2, 0) is 20.9 Å². The number of alkyl halides is 6. The van der Waals surface area contributed by atoms with E-state index in [0.29, 0.717) is 33.4 Å². The zero-order valence-electron chi connectivity index (χ0n) is 32.3. The summed E-state index contributed by atoms with van der Waals surface area (Å²) in [6.45, 7) is 0. The largest absolute Gasteiger partial charge is 0.478 e. The molecule has 328 valence electrons. The average molecular weight is 961 g/mol. The lowest BCUT2D eigenvalue weighted by Crippen LogP contribution is -2.42. The van der Waals surface area contributed by atoms with E-state index in [0.717, 1.165) is 24.3 Å². The Morgan fingerprint density at radius 2 is 0.812 bits per heavy atom. The van der Waals surface area contributed by atoms with Crippen molar-refractivity contribution in [2.75, 3.05) is 0 Å². The molecule has 0 amide bonds. The molecule has 2 atom stereocenters. The van der Waals surface area contributed by atoms with Gasteiger partial charge in [-0.3, -0.25) is 0 Å². The minimum Gasteiger partial charge on any atom is -0.478 e. The average Bonchev–Trinajstić information content (AvgIpc) is 3.92. The number of hydrogen-bond donors (Lipinski definition) is 2. The van der Waals surface area contributed by atoms with Crippen molar-refractivity contribution in [2.24, 2.45) is 10.3 Å². The number of aromatic carboxylic acids is 2. The lowest BCUT2D eigenvalue weighted by molar-refractivity contribution is -0.276. The first-order chi connectivity index (χ1) is 30.2. The standard InChI is InChI=1S/2C23H14Cl2F3NO3/c2*24-16-9-15(10-17(25)11-16)22(23(26,27)28)12-20(29-32-22)14-6-7-18(21(30)31)19(8-14)13-4-2-1-3-5-13/h2*1-11H,12H2,(H,30,31). The minimum atomic E-state index is -4.82. The van der Waals surface area contributed by atoms with Crippen LogP contribution < -0.4 is 0 Å². The van der Waals surface area contributed by atoms with Crippen LogP contribution in [0, 0.1) is 0 Å². The van der Waals surface area contributed by atoms with Crippen molar-refractivity contribution in [1.29, 1.82) is 0 Å². The maximum absolute atomic E-state index is 14.2. The van der Waals surface area contributed by atoms with E-state index < -0.39 is 48.3 Å². The summed E-state index contributed by atoms with van der Waals surface area (Å²) in [7, 11) is 0. The number of carboxylic acid groups (broad SMARTS) is 2. The summed E-state index contributed by atoms with van der Waals surface area (Å²) in [5.74, 6) is -2.31. The normalized spacial score (nSPS) is 18.2. The minimum absolute atomic E-state index is 0.0168. The molecule has 0 fully saturated rings. The number of hydrogen-bond acceptors (Lipinski definition) is 6. The van der Waals surface area contributed by atoms with Gasteiger partial charge in [0.25, 0.3) is 11.2 Å². The van der Waals surface area contributed by atoms with E-state index >= 15 is 0 Å². The Labute approximate surface area is 379 Å². The second kappa shape index (κ2) is 17.8. The number of carboxylic acids is 2. The molecule has 0 aromatic heterocycles. The lowest BCUT2D eigenvalue weighted by Gasteiger charge is -2.29. The summed E-state index contributed by atoms with van der Waals surface area (Å²) in [4.78, 5) is 33.4. The summed E-state index contributed by atoms with van der Waals surface area (Å²) in [5.41, 5.74) is -3.46. The van der Waals surface area contributed by atoms with E-state index in [1.807, 2.05) is 0 Å². The van der Waals surface area contributed by atoms with E-state index in [2.05, 4.69) is 10.3 Å². The van der Waals surface area contributed by atoms with Gasteiger partial charge in [-0.15, -0.1) is 0 Å². The Kier molecular flexibility index (Phi) is 12.8. The summed E-state index contributed by atoms with van der Waals surface area (Å²) in [6, 6.07) is 33.1. The number of rotatable bonds is 8. The van der Waals surface area contributed by atoms with Gasteiger partial charge in [0.1, 0.15) is 0 Å². The Hall–Kier alpha value is -6.06. The molecule has 2 unspecified atom stereocenters. The zero-order chi connectivity index (χ0) is 46.2. The fraction of sp³-hybridized carbons (Fsp3) is 0.130. The van der Waals surface area contributed by atoms with Gasteiger partial charge in [0.15, 0.2) is 0 Å². The van der Waals surface area contributed by atoms with Crippen LogP contribution in [0.25, 0.3) is 22.3 Å². The number of nitrogens with zero attached hydrogens (tertiary/aromatic N) is 2. The van der Waals surface area contributed by atoms with Gasteiger partial charge in [0, 0.05) is 55.2 Å². The third kappa shape index (κ3) is 9.14. The molecule has 18 heteroatoms. The molecular formula is C46H28Cl4F6N2O6. The predicted octanol–water partition coefficient (Wildman–Crippen LogP) is 13.9. The molecule has 2 aliphatic heterocycles. The van der Waals surface area contributed by atoms with Gasteiger partial charge in [-0.2, -0.15) is 26.3 Å². The van der Waals surface area contributed by atoms with Crippen molar-refractivity contribution in [1.82, 2.24) is 0 Å². The summed E-state index contributed by atoms with van der Waals surface area (Å²) in [5, 5.41) is 26.7. The molecule has 0 radical (unpaired) electrons. The van der Waals surface area contributed by atoms with Crippen LogP contribution in [0.3, 0.4) is 0 Å². The smallest absolute Gasteiger partial charge is 0.435 e. The number of carbonyl (C=O) groups is 2. The van der Waals surface area contributed by atoms with Crippen molar-refractivity contribution in [3.8, 4) is 22.3 Å². The molecule has 2 heterocycles. The SMILES string of the molecule is O=C(O)c1ccc(C2=NOC(c3cc(Cl)cc(Cl)c3)(C(F)(F)F)C2)cc1-c1ccccc1.O=C(O)c1ccc(C2=NOC(c3cc(Cl)cc(Cl)c3)(C(F)(F)F)C2)cc1-c1ccccc1. The third-order valence-electron chi connectivity index (χ3n) is 10.4. The van der Waals surface area contributed by atoms with Gasteiger partial charge in [-0.05, 0) is 82.9 Å². The summed E-state index contributed by atoms with van der Waals surface area (Å²) in [6.07, 6.45) is -10.9. The molecule has 8 nitrogen and oxygen atoms in total. The molecule has 0 spiro atoms. The molecule has 2 N–H and O–H groups in total. The first kappa shape index (κ1) is 45.9. The van der Waals surface area contributed by atoms with E-state index in [4.69, 9.17) is 56.1 Å². The van der Waals surface area contributed by atoms with E-state index in [-0.39, 0.29) is 53.8 Å². The molecule has 6 aromatic rings. The summed E-state index contributed by atoms with van der Waals surface area (Å²) >= 11 is 23.7. The van der Waals surface area contributed by atoms with Crippen molar-refractivity contribution in [3.05, 3.63) is 187 Å². The third-order valence-corrected chi connectivity index (χ3v) is 11.2. The highest BCUT2D eigenvalue weighted by molar-refractivity contribution is 6.35. The van der Waals surface area contributed by atoms with Crippen LogP contribution in [0.15, 0.2) is 144 Å². The highest BCUT2D eigenvalue weighted by Crippen LogP contribution is 2.51. The van der Waals surface area contributed by atoms with Crippen molar-refractivity contribution >= 4 is 69.8 Å². The number of oxime groups is 2. The maximum Gasteiger partial charge on any atom is 0.435 e. The Morgan fingerprint density at radius 1 is 0.484 bits per heavy atom. The molecule has 2 aliphatic rings. The van der Waals surface area contributed by atoms with Gasteiger partial charge in [-0.1, -0.05) is 130 Å². The van der Waals surface area contributed by atoms with Crippen LogP contribution in [0.4, 0.5) is 26.3 Å². The molecule has 0 aliphatic carbocycles. The maximum atomic E-state index is 14.2. The first-order valence-corrected chi connectivity index (χ1v) is 20.2. The second-order valence-corrected chi connectivity index (χ2v) is 16.2.